The van der Waals surface area contributed by atoms with Gasteiger partial charge in [-0.05, 0) is 68.2 Å². The van der Waals surface area contributed by atoms with Crippen molar-refractivity contribution in [3.8, 4) is 5.69 Å². The Hall–Kier alpha value is -3.13. The van der Waals surface area contributed by atoms with Gasteiger partial charge in [-0.15, -0.1) is 0 Å². The highest BCUT2D eigenvalue weighted by Crippen LogP contribution is 2.38. The van der Waals surface area contributed by atoms with Gasteiger partial charge in [0.2, 0.25) is 0 Å². The van der Waals surface area contributed by atoms with E-state index in [0.29, 0.717) is 17.7 Å². The van der Waals surface area contributed by atoms with E-state index in [4.69, 9.17) is 16.2 Å². The fourth-order valence-electron chi connectivity index (χ4n) is 5.30. The molecule has 0 unspecified atom stereocenters. The number of esters is 1. The Bertz CT molecular complexity index is 1130. The molecule has 4 rings (SSSR count). The minimum absolute atomic E-state index is 0.104. The first-order valence-electron chi connectivity index (χ1n) is 11.9. The Balaban J connectivity index is 1.60. The van der Waals surface area contributed by atoms with Crippen LogP contribution in [0.3, 0.4) is 0 Å². The number of anilines is 1. The van der Waals surface area contributed by atoms with E-state index in [9.17, 15) is 14.4 Å². The number of hydrogen-bond acceptors (Lipinski definition) is 6. The highest BCUT2D eigenvalue weighted by Gasteiger charge is 2.35. The maximum absolute atomic E-state index is 12.8. The van der Waals surface area contributed by atoms with Crippen LogP contribution in [0, 0.1) is 12.3 Å². The van der Waals surface area contributed by atoms with Gasteiger partial charge >= 0.3 is 5.97 Å². The van der Waals surface area contributed by atoms with Gasteiger partial charge in [0.25, 0.3) is 5.91 Å². The smallest absolute Gasteiger partial charge is 0.319 e. The first-order chi connectivity index (χ1) is 16.1. The molecule has 5 N–H and O–H groups in total. The number of nitrogens with two attached hydrogens (primary N) is 2. The van der Waals surface area contributed by atoms with Gasteiger partial charge in [0.05, 0.1) is 12.1 Å². The third kappa shape index (κ3) is 4.87. The van der Waals surface area contributed by atoms with Crippen molar-refractivity contribution in [1.29, 1.82) is 0 Å². The van der Waals surface area contributed by atoms with E-state index in [1.54, 1.807) is 6.07 Å². The minimum Gasteiger partial charge on any atom is -0.461 e. The molecule has 34 heavy (non-hydrogen) atoms. The second-order valence-electron chi connectivity index (χ2n) is 10.4. The second kappa shape index (κ2) is 9.25. The first-order valence-corrected chi connectivity index (χ1v) is 11.9. The zero-order valence-electron chi connectivity index (χ0n) is 20.1. The van der Waals surface area contributed by atoms with E-state index in [-0.39, 0.29) is 35.9 Å². The van der Waals surface area contributed by atoms with Gasteiger partial charge in [0.1, 0.15) is 6.10 Å². The topological polar surface area (TPSA) is 129 Å². The average Bonchev–Trinajstić information content (AvgIpc) is 3.09. The van der Waals surface area contributed by atoms with Gasteiger partial charge in [-0.1, -0.05) is 13.8 Å². The predicted octanol–water partition coefficient (Wildman–Crippen LogP) is 3.26. The summed E-state index contributed by atoms with van der Waals surface area (Å²) in [5.74, 6) is -0.699. The SMILES string of the molecule is Cc1cn(-c2ccc(C(N)=O)c(NC3CCC(OC(=O)CN)CC3)c2)c2c1C(=O)CC(C)(C)C2. The van der Waals surface area contributed by atoms with Gasteiger partial charge in [-0.2, -0.15) is 0 Å². The number of fused-ring (bicyclic) bond motifs is 1. The maximum Gasteiger partial charge on any atom is 0.319 e. The summed E-state index contributed by atoms with van der Waals surface area (Å²) in [5, 5.41) is 3.49. The monoisotopic (exact) mass is 466 g/mol. The van der Waals surface area contributed by atoms with Crippen LogP contribution in [-0.4, -0.2) is 40.9 Å². The lowest BCUT2D eigenvalue weighted by atomic mass is 9.75. The quantitative estimate of drug-likeness (QED) is 0.560. The molecule has 0 atom stereocenters. The molecule has 1 fully saturated rings. The van der Waals surface area contributed by atoms with Crippen LogP contribution in [0.1, 0.15) is 77.9 Å². The van der Waals surface area contributed by atoms with Crippen LogP contribution in [0.25, 0.3) is 5.69 Å². The molecule has 1 aromatic carbocycles. The molecule has 2 aliphatic carbocycles. The summed E-state index contributed by atoms with van der Waals surface area (Å²) >= 11 is 0. The maximum atomic E-state index is 12.8. The van der Waals surface area contributed by atoms with Crippen molar-refractivity contribution in [2.24, 2.45) is 16.9 Å². The van der Waals surface area contributed by atoms with Gasteiger partial charge in [0, 0.05) is 41.3 Å². The van der Waals surface area contributed by atoms with E-state index < -0.39 is 5.91 Å². The van der Waals surface area contributed by atoms with E-state index >= 15 is 0 Å². The Morgan fingerprint density at radius 1 is 1.18 bits per heavy atom. The van der Waals surface area contributed by atoms with E-state index in [1.165, 1.54) is 0 Å². The van der Waals surface area contributed by atoms with Crippen molar-refractivity contribution in [1.82, 2.24) is 4.57 Å². The number of amides is 1. The number of Topliss-reactive ketones (excluding diaryl/α,β-unsaturated/α-hetero) is 1. The third-order valence-corrected chi connectivity index (χ3v) is 6.91. The van der Waals surface area contributed by atoms with Crippen molar-refractivity contribution in [2.75, 3.05) is 11.9 Å². The second-order valence-corrected chi connectivity index (χ2v) is 10.4. The van der Waals surface area contributed by atoms with Gasteiger partial charge in [0.15, 0.2) is 5.78 Å². The van der Waals surface area contributed by atoms with Crippen molar-refractivity contribution in [2.45, 2.75) is 71.4 Å². The zero-order chi connectivity index (χ0) is 24.6. The van der Waals surface area contributed by atoms with Crippen LogP contribution < -0.4 is 16.8 Å². The van der Waals surface area contributed by atoms with Crippen LogP contribution in [-0.2, 0) is 16.0 Å². The molecule has 2 aliphatic rings. The fourth-order valence-corrected chi connectivity index (χ4v) is 5.30. The standard InChI is InChI=1S/C26H34N4O4/c1-15-14-30(21-11-26(2,3)12-22(31)24(15)21)17-6-9-19(25(28)33)20(10-17)29-16-4-7-18(8-5-16)34-23(32)13-27/h6,9-10,14,16,18,29H,4-5,7-8,11-13,27H2,1-3H3,(H2,28,33). The first kappa shape index (κ1) is 24.0. The molecule has 182 valence electrons. The summed E-state index contributed by atoms with van der Waals surface area (Å²) in [7, 11) is 0. The lowest BCUT2D eigenvalue weighted by molar-refractivity contribution is -0.148. The third-order valence-electron chi connectivity index (χ3n) is 6.91. The number of ether oxygens (including phenoxy) is 1. The molecule has 1 saturated carbocycles. The molecule has 0 radical (unpaired) electrons. The summed E-state index contributed by atoms with van der Waals surface area (Å²) in [6, 6.07) is 5.68. The minimum atomic E-state index is -0.498. The molecule has 0 saturated heterocycles. The Kier molecular flexibility index (Phi) is 6.53. The highest BCUT2D eigenvalue weighted by atomic mass is 16.5. The molecule has 1 heterocycles. The van der Waals surface area contributed by atoms with Crippen LogP contribution in [0.5, 0.6) is 0 Å². The molecule has 8 nitrogen and oxygen atoms in total. The molecule has 1 aromatic heterocycles. The lowest BCUT2D eigenvalue weighted by Crippen LogP contribution is -2.33. The summed E-state index contributed by atoms with van der Waals surface area (Å²) in [4.78, 5) is 36.4. The van der Waals surface area contributed by atoms with Crippen molar-refractivity contribution in [3.63, 3.8) is 0 Å². The highest BCUT2D eigenvalue weighted by molar-refractivity contribution is 6.01. The molecule has 0 bridgehead atoms. The molecule has 1 amide bonds. The van der Waals surface area contributed by atoms with Crippen molar-refractivity contribution >= 4 is 23.3 Å². The number of nitrogens with one attached hydrogen (secondary N) is 1. The van der Waals surface area contributed by atoms with Crippen LogP contribution in [0.15, 0.2) is 24.4 Å². The summed E-state index contributed by atoms with van der Waals surface area (Å²) in [6.45, 7) is 6.09. The van der Waals surface area contributed by atoms with Gasteiger partial charge in [-0.25, -0.2) is 0 Å². The van der Waals surface area contributed by atoms with E-state index in [0.717, 1.165) is 54.6 Å². The number of aromatic nitrogens is 1. The van der Waals surface area contributed by atoms with Gasteiger partial charge in [-0.3, -0.25) is 14.4 Å². The molecular weight excluding hydrogens is 432 g/mol. The number of rotatable bonds is 6. The predicted molar refractivity (Wildman–Crippen MR) is 130 cm³/mol. The van der Waals surface area contributed by atoms with Gasteiger partial charge < -0.3 is 26.1 Å². The van der Waals surface area contributed by atoms with Crippen LogP contribution in [0.2, 0.25) is 0 Å². The number of hydrogen-bond donors (Lipinski definition) is 3. The Morgan fingerprint density at radius 3 is 2.53 bits per heavy atom. The number of carbonyl (C=O) groups is 3. The van der Waals surface area contributed by atoms with Crippen LogP contribution in [0.4, 0.5) is 5.69 Å². The largest absolute Gasteiger partial charge is 0.461 e. The molecule has 2 aromatic rings. The molecular formula is C26H34N4O4. The van der Waals surface area contributed by atoms with Crippen molar-refractivity contribution in [3.05, 3.63) is 46.8 Å². The fraction of sp³-hybridized carbons (Fsp3) is 0.500. The molecule has 0 aliphatic heterocycles. The summed E-state index contributed by atoms with van der Waals surface area (Å²) < 4.78 is 7.43. The molecule has 8 heteroatoms. The Morgan fingerprint density at radius 2 is 1.88 bits per heavy atom. The lowest BCUT2D eigenvalue weighted by Gasteiger charge is -2.31. The Labute approximate surface area is 200 Å². The molecule has 0 spiro atoms. The zero-order valence-corrected chi connectivity index (χ0v) is 20.1. The number of aryl methyl sites for hydroxylation is 1. The van der Waals surface area contributed by atoms with E-state index in [2.05, 4.69) is 23.7 Å². The average molecular weight is 467 g/mol. The van der Waals surface area contributed by atoms with Crippen LogP contribution >= 0.6 is 0 Å². The van der Waals surface area contributed by atoms with Crippen molar-refractivity contribution < 1.29 is 19.1 Å². The number of benzene rings is 1. The normalized spacial score (nSPS) is 21.6. The number of nitrogens with zero attached hydrogens (tertiary/aromatic N) is 1. The number of primary amides is 1. The summed E-state index contributed by atoms with van der Waals surface area (Å²) in [6.07, 6.45) is 6.29. The van der Waals surface area contributed by atoms with E-state index in [1.807, 2.05) is 25.3 Å². The number of ketones is 1. The summed E-state index contributed by atoms with van der Waals surface area (Å²) in [5.41, 5.74) is 15.7. The number of carbonyl (C=O) groups excluding carboxylic acids is 3.